The number of nitrogens with zero attached hydrogens (tertiary/aromatic N) is 2. The van der Waals surface area contributed by atoms with Crippen LogP contribution in [0.25, 0.3) is 0 Å². The van der Waals surface area contributed by atoms with Crippen molar-refractivity contribution >= 4 is 5.91 Å². The number of amides is 1. The molecular weight excluding hydrogens is 208 g/mol. The lowest BCUT2D eigenvalue weighted by Gasteiger charge is -2.34. The van der Waals surface area contributed by atoms with Crippen molar-refractivity contribution in [2.75, 3.05) is 53.0 Å². The Hall–Kier alpha value is -0.690. The Balaban J connectivity index is 1.73. The standard InChI is InChI=1S/C10H20N4O2/c1-13-3-5-14(6-4-13)12-10(15)9-8-16-7-2-11-9/h9,11H,2-8H2,1H3,(H,12,15). The minimum atomic E-state index is -0.201. The average molecular weight is 228 g/mol. The number of nitrogens with one attached hydrogen (secondary N) is 2. The first kappa shape index (κ1) is 11.8. The van der Waals surface area contributed by atoms with Gasteiger partial charge in [-0.15, -0.1) is 0 Å². The molecule has 0 aromatic carbocycles. The number of morpholine rings is 1. The third kappa shape index (κ3) is 3.15. The highest BCUT2D eigenvalue weighted by molar-refractivity contribution is 5.81. The number of carbonyl (C=O) groups is 1. The molecule has 1 atom stereocenters. The average Bonchev–Trinajstić information content (AvgIpc) is 2.33. The van der Waals surface area contributed by atoms with Gasteiger partial charge >= 0.3 is 0 Å². The van der Waals surface area contributed by atoms with E-state index >= 15 is 0 Å². The second kappa shape index (κ2) is 5.58. The highest BCUT2D eigenvalue weighted by atomic mass is 16.5. The summed E-state index contributed by atoms with van der Waals surface area (Å²) in [5, 5.41) is 5.13. The van der Waals surface area contributed by atoms with Gasteiger partial charge in [-0.1, -0.05) is 0 Å². The zero-order valence-electron chi connectivity index (χ0n) is 9.74. The molecule has 2 saturated heterocycles. The van der Waals surface area contributed by atoms with E-state index in [2.05, 4.69) is 22.7 Å². The van der Waals surface area contributed by atoms with Crippen molar-refractivity contribution < 1.29 is 9.53 Å². The summed E-state index contributed by atoms with van der Waals surface area (Å²) < 4.78 is 5.26. The van der Waals surface area contributed by atoms with Gasteiger partial charge in [0.15, 0.2) is 0 Å². The number of likely N-dealkylation sites (N-methyl/N-ethyl adjacent to an activating group) is 1. The van der Waals surface area contributed by atoms with E-state index in [-0.39, 0.29) is 11.9 Å². The van der Waals surface area contributed by atoms with Gasteiger partial charge in [0.1, 0.15) is 6.04 Å². The summed E-state index contributed by atoms with van der Waals surface area (Å²) in [5.74, 6) is 0.0178. The monoisotopic (exact) mass is 228 g/mol. The van der Waals surface area contributed by atoms with E-state index in [4.69, 9.17) is 4.74 Å². The van der Waals surface area contributed by atoms with E-state index in [0.717, 1.165) is 32.7 Å². The van der Waals surface area contributed by atoms with Crippen molar-refractivity contribution in [1.29, 1.82) is 0 Å². The molecule has 16 heavy (non-hydrogen) atoms. The molecule has 6 heteroatoms. The third-order valence-corrected chi connectivity index (χ3v) is 3.01. The van der Waals surface area contributed by atoms with Gasteiger partial charge in [-0.05, 0) is 7.05 Å². The van der Waals surface area contributed by atoms with E-state index < -0.39 is 0 Å². The van der Waals surface area contributed by atoms with Gasteiger partial charge in [0.2, 0.25) is 0 Å². The van der Waals surface area contributed by atoms with Crippen molar-refractivity contribution in [2.24, 2.45) is 0 Å². The summed E-state index contributed by atoms with van der Waals surface area (Å²) in [5.41, 5.74) is 2.93. The molecular formula is C10H20N4O2. The number of hydrazine groups is 1. The summed E-state index contributed by atoms with van der Waals surface area (Å²) in [4.78, 5) is 14.1. The van der Waals surface area contributed by atoms with E-state index in [0.29, 0.717) is 13.2 Å². The van der Waals surface area contributed by atoms with Gasteiger partial charge in [-0.2, -0.15) is 0 Å². The predicted molar refractivity (Wildman–Crippen MR) is 59.8 cm³/mol. The summed E-state index contributed by atoms with van der Waals surface area (Å²) in [7, 11) is 2.09. The molecule has 0 bridgehead atoms. The number of carbonyl (C=O) groups excluding carboxylic acids is 1. The molecule has 2 N–H and O–H groups in total. The normalized spacial score (nSPS) is 28.9. The van der Waals surface area contributed by atoms with E-state index in [1.807, 2.05) is 5.01 Å². The molecule has 1 unspecified atom stereocenters. The summed E-state index contributed by atoms with van der Waals surface area (Å²) >= 11 is 0. The maximum atomic E-state index is 11.8. The van der Waals surface area contributed by atoms with Crippen LogP contribution in [0.5, 0.6) is 0 Å². The van der Waals surface area contributed by atoms with Gasteiger partial charge in [0.25, 0.3) is 5.91 Å². The molecule has 2 rings (SSSR count). The zero-order chi connectivity index (χ0) is 11.4. The molecule has 2 heterocycles. The summed E-state index contributed by atoms with van der Waals surface area (Å²) in [6.07, 6.45) is 0. The molecule has 0 aliphatic carbocycles. The Morgan fingerprint density at radius 3 is 2.75 bits per heavy atom. The smallest absolute Gasteiger partial charge is 0.253 e. The molecule has 0 spiro atoms. The van der Waals surface area contributed by atoms with Gasteiger partial charge < -0.3 is 15.0 Å². The molecule has 2 aliphatic rings. The first-order chi connectivity index (χ1) is 7.75. The summed E-state index contributed by atoms with van der Waals surface area (Å²) in [6, 6.07) is -0.201. The Labute approximate surface area is 95.9 Å². The number of hydrogen-bond acceptors (Lipinski definition) is 5. The van der Waals surface area contributed by atoms with Crippen LogP contribution in [-0.4, -0.2) is 74.8 Å². The fourth-order valence-corrected chi connectivity index (χ4v) is 1.89. The molecule has 92 valence electrons. The Kier molecular flexibility index (Phi) is 4.11. The Bertz CT molecular complexity index is 235. The van der Waals surface area contributed by atoms with Crippen LogP contribution in [0.2, 0.25) is 0 Å². The van der Waals surface area contributed by atoms with Crippen molar-refractivity contribution in [3.63, 3.8) is 0 Å². The van der Waals surface area contributed by atoms with Crippen LogP contribution in [0.1, 0.15) is 0 Å². The first-order valence-electron chi connectivity index (χ1n) is 5.81. The van der Waals surface area contributed by atoms with Crippen LogP contribution in [0.3, 0.4) is 0 Å². The molecule has 6 nitrogen and oxygen atoms in total. The van der Waals surface area contributed by atoms with Crippen LogP contribution in [0, 0.1) is 0 Å². The zero-order valence-corrected chi connectivity index (χ0v) is 9.74. The summed E-state index contributed by atoms with van der Waals surface area (Å²) in [6.45, 7) is 5.67. The van der Waals surface area contributed by atoms with Crippen molar-refractivity contribution in [3.8, 4) is 0 Å². The molecule has 0 saturated carbocycles. The molecule has 2 fully saturated rings. The maximum absolute atomic E-state index is 11.8. The topological polar surface area (TPSA) is 56.8 Å². The second-order valence-corrected chi connectivity index (χ2v) is 4.35. The van der Waals surface area contributed by atoms with E-state index in [1.54, 1.807) is 0 Å². The molecule has 1 amide bonds. The van der Waals surface area contributed by atoms with Gasteiger partial charge in [-0.25, -0.2) is 5.01 Å². The largest absolute Gasteiger partial charge is 0.378 e. The lowest BCUT2D eigenvalue weighted by Crippen LogP contribution is -2.58. The molecule has 0 aromatic rings. The van der Waals surface area contributed by atoms with Crippen LogP contribution >= 0.6 is 0 Å². The van der Waals surface area contributed by atoms with Crippen molar-refractivity contribution in [1.82, 2.24) is 20.7 Å². The third-order valence-electron chi connectivity index (χ3n) is 3.01. The number of ether oxygens (including phenoxy) is 1. The number of hydrogen-bond donors (Lipinski definition) is 2. The molecule has 0 radical (unpaired) electrons. The van der Waals surface area contributed by atoms with E-state index in [9.17, 15) is 4.79 Å². The maximum Gasteiger partial charge on any atom is 0.253 e. The van der Waals surface area contributed by atoms with Crippen LogP contribution in [0.4, 0.5) is 0 Å². The van der Waals surface area contributed by atoms with Gasteiger partial charge in [0.05, 0.1) is 13.2 Å². The van der Waals surface area contributed by atoms with Crippen LogP contribution < -0.4 is 10.7 Å². The quantitative estimate of drug-likeness (QED) is 0.587. The van der Waals surface area contributed by atoms with Crippen LogP contribution in [-0.2, 0) is 9.53 Å². The number of rotatable bonds is 2. The minimum absolute atomic E-state index is 0.0178. The van der Waals surface area contributed by atoms with Crippen LogP contribution in [0.15, 0.2) is 0 Å². The van der Waals surface area contributed by atoms with Crippen molar-refractivity contribution in [2.45, 2.75) is 6.04 Å². The lowest BCUT2D eigenvalue weighted by molar-refractivity contribution is -0.131. The Morgan fingerprint density at radius 2 is 2.12 bits per heavy atom. The molecule has 0 aromatic heterocycles. The minimum Gasteiger partial charge on any atom is -0.378 e. The van der Waals surface area contributed by atoms with Gasteiger partial charge in [-0.3, -0.25) is 10.2 Å². The predicted octanol–water partition coefficient (Wildman–Crippen LogP) is -1.75. The highest BCUT2D eigenvalue weighted by Crippen LogP contribution is 1.98. The van der Waals surface area contributed by atoms with Gasteiger partial charge in [0, 0.05) is 32.7 Å². The fourth-order valence-electron chi connectivity index (χ4n) is 1.89. The highest BCUT2D eigenvalue weighted by Gasteiger charge is 2.23. The second-order valence-electron chi connectivity index (χ2n) is 4.35. The fraction of sp³-hybridized carbons (Fsp3) is 0.900. The number of piperazine rings is 1. The Morgan fingerprint density at radius 1 is 1.38 bits per heavy atom. The van der Waals surface area contributed by atoms with Crippen molar-refractivity contribution in [3.05, 3.63) is 0 Å². The van der Waals surface area contributed by atoms with E-state index in [1.165, 1.54) is 0 Å². The first-order valence-corrected chi connectivity index (χ1v) is 5.81. The SMILES string of the molecule is CN1CCN(NC(=O)C2COCCN2)CC1. The lowest BCUT2D eigenvalue weighted by atomic mass is 10.2. The molecule has 2 aliphatic heterocycles.